The Labute approximate surface area is 217 Å². The second-order valence-electron chi connectivity index (χ2n) is 9.44. The number of rotatable bonds is 19. The van der Waals surface area contributed by atoms with Crippen LogP contribution < -0.4 is 16.4 Å². The van der Waals surface area contributed by atoms with Gasteiger partial charge < -0.3 is 47.4 Å². The normalized spacial score (nSPS) is 23.7. The number of nitrogens with one attached hydrogen (secondary N) is 1. The standard InChI is InChI=1S/C22H53N3O7Si3/c1-10-20(34(27-4,28-5)29-6)19(18-23)22(24,21(11-2)35(30-7,31-8)32-9)14-12-16-33(26-3)17-13-15-25-33/h19-21,25H,10-18,23-24H2,1-9H3. The van der Waals surface area contributed by atoms with Crippen LogP contribution in [0.5, 0.6) is 0 Å². The lowest BCUT2D eigenvalue weighted by molar-refractivity contribution is 0.0609. The fourth-order valence-corrected chi connectivity index (χ4v) is 15.4. The van der Waals surface area contributed by atoms with Crippen LogP contribution in [-0.4, -0.2) is 94.5 Å². The van der Waals surface area contributed by atoms with E-state index in [4.69, 9.17) is 42.4 Å². The summed E-state index contributed by atoms with van der Waals surface area (Å²) >= 11 is 0. The molecule has 13 heteroatoms. The molecule has 0 aromatic heterocycles. The topological polar surface area (TPSA) is 129 Å². The lowest BCUT2D eigenvalue weighted by Gasteiger charge is -2.51. The third-order valence-corrected chi connectivity index (χ3v) is 19.2. The highest BCUT2D eigenvalue weighted by Gasteiger charge is 2.62. The molecule has 0 spiro atoms. The van der Waals surface area contributed by atoms with Gasteiger partial charge in [0.25, 0.3) is 8.48 Å². The molecular formula is C22H53N3O7Si3. The molecule has 0 bridgehead atoms. The van der Waals surface area contributed by atoms with Crippen molar-refractivity contribution in [3.05, 3.63) is 0 Å². The van der Waals surface area contributed by atoms with Crippen molar-refractivity contribution in [3.63, 3.8) is 0 Å². The van der Waals surface area contributed by atoms with Gasteiger partial charge in [-0.05, 0) is 56.8 Å². The number of nitrogens with two attached hydrogens (primary N) is 2. The van der Waals surface area contributed by atoms with E-state index < -0.39 is 31.6 Å². The highest BCUT2D eigenvalue weighted by molar-refractivity contribution is 6.72. The minimum Gasteiger partial charge on any atom is -0.406 e. The van der Waals surface area contributed by atoms with Crippen molar-refractivity contribution >= 4 is 26.1 Å². The molecule has 1 heterocycles. The highest BCUT2D eigenvalue weighted by Crippen LogP contribution is 2.50. The SMILES string of the molecule is CCC(C(CN)C(N)(CCC[Si]1(OC)CCCN1)C(CC)[Si](OC)(OC)OC)[Si](OC)(OC)OC. The van der Waals surface area contributed by atoms with Gasteiger partial charge in [-0.3, -0.25) is 0 Å². The second-order valence-corrected chi connectivity index (χ2v) is 19.5. The first-order chi connectivity index (χ1) is 16.7. The van der Waals surface area contributed by atoms with Crippen LogP contribution >= 0.6 is 0 Å². The molecule has 0 aliphatic carbocycles. The van der Waals surface area contributed by atoms with E-state index in [0.29, 0.717) is 6.54 Å². The van der Waals surface area contributed by atoms with E-state index in [0.717, 1.165) is 50.7 Å². The monoisotopic (exact) mass is 555 g/mol. The molecule has 5 atom stereocenters. The zero-order valence-electron chi connectivity index (χ0n) is 23.6. The van der Waals surface area contributed by atoms with Crippen LogP contribution in [0.4, 0.5) is 0 Å². The summed E-state index contributed by atoms with van der Waals surface area (Å²) in [6.07, 6.45) is 4.24. The van der Waals surface area contributed by atoms with Gasteiger partial charge in [-0.1, -0.05) is 20.3 Å². The van der Waals surface area contributed by atoms with Gasteiger partial charge in [0.1, 0.15) is 0 Å². The molecule has 0 radical (unpaired) electrons. The van der Waals surface area contributed by atoms with Crippen molar-refractivity contribution in [1.82, 2.24) is 4.98 Å². The third-order valence-electron chi connectivity index (χ3n) is 8.30. The van der Waals surface area contributed by atoms with Gasteiger partial charge >= 0.3 is 17.6 Å². The Balaban J connectivity index is 3.56. The predicted molar refractivity (Wildman–Crippen MR) is 145 cm³/mol. The number of hydrogen-bond acceptors (Lipinski definition) is 10. The van der Waals surface area contributed by atoms with E-state index in [1.807, 2.05) is 7.11 Å². The molecule has 10 nitrogen and oxygen atoms in total. The maximum absolute atomic E-state index is 7.55. The van der Waals surface area contributed by atoms with E-state index >= 15 is 0 Å². The molecule has 1 aliphatic heterocycles. The van der Waals surface area contributed by atoms with Crippen molar-refractivity contribution in [2.45, 2.75) is 74.7 Å². The van der Waals surface area contributed by atoms with Gasteiger partial charge in [-0.2, -0.15) is 0 Å². The van der Waals surface area contributed by atoms with Crippen molar-refractivity contribution in [2.75, 3.05) is 62.9 Å². The van der Waals surface area contributed by atoms with Gasteiger partial charge in [0.2, 0.25) is 0 Å². The fraction of sp³-hybridized carbons (Fsp3) is 1.00. The summed E-state index contributed by atoms with van der Waals surface area (Å²) in [5.41, 5.74) is 13.0. The Morgan fingerprint density at radius 2 is 1.43 bits per heavy atom. The van der Waals surface area contributed by atoms with Gasteiger partial charge in [-0.15, -0.1) is 0 Å². The molecule has 0 amide bonds. The Hall–Kier alpha value is 0.251. The molecular weight excluding hydrogens is 503 g/mol. The van der Waals surface area contributed by atoms with Gasteiger partial charge in [-0.25, -0.2) is 0 Å². The van der Waals surface area contributed by atoms with E-state index in [1.165, 1.54) is 0 Å². The van der Waals surface area contributed by atoms with Crippen LogP contribution in [0.3, 0.4) is 0 Å². The van der Waals surface area contributed by atoms with E-state index in [2.05, 4.69) is 18.8 Å². The maximum atomic E-state index is 7.55. The van der Waals surface area contributed by atoms with Crippen molar-refractivity contribution in [2.24, 2.45) is 17.4 Å². The summed E-state index contributed by atoms with van der Waals surface area (Å²) in [6.45, 7) is 5.59. The van der Waals surface area contributed by atoms with E-state index in [1.54, 1.807) is 42.7 Å². The zero-order chi connectivity index (χ0) is 26.8. The lowest BCUT2D eigenvalue weighted by atomic mass is 9.74. The fourth-order valence-electron chi connectivity index (χ4n) is 6.45. The van der Waals surface area contributed by atoms with Gasteiger partial charge in [0.05, 0.1) is 0 Å². The molecule has 0 aromatic carbocycles. The molecule has 1 saturated heterocycles. The van der Waals surface area contributed by atoms with Crippen LogP contribution in [0.15, 0.2) is 0 Å². The van der Waals surface area contributed by atoms with Crippen molar-refractivity contribution < 1.29 is 31.0 Å². The maximum Gasteiger partial charge on any atom is 0.505 e. The largest absolute Gasteiger partial charge is 0.505 e. The average molecular weight is 556 g/mol. The summed E-state index contributed by atoms with van der Waals surface area (Å²) < 4.78 is 41.8. The Bertz CT molecular complexity index is 580. The molecule has 1 aliphatic rings. The molecule has 0 saturated carbocycles. The molecule has 1 rings (SSSR count). The Morgan fingerprint density at radius 3 is 1.77 bits per heavy atom. The first-order valence-electron chi connectivity index (χ1n) is 12.8. The van der Waals surface area contributed by atoms with Crippen LogP contribution in [0.1, 0.15) is 46.0 Å². The summed E-state index contributed by atoms with van der Waals surface area (Å²) in [7, 11) is 3.53. The van der Waals surface area contributed by atoms with Crippen LogP contribution in [0.25, 0.3) is 0 Å². The van der Waals surface area contributed by atoms with E-state index in [9.17, 15) is 0 Å². The average Bonchev–Trinajstić information content (AvgIpc) is 3.37. The Morgan fingerprint density at radius 1 is 0.886 bits per heavy atom. The minimum absolute atomic E-state index is 0.109. The summed E-state index contributed by atoms with van der Waals surface area (Å²) in [5, 5.41) is 0. The number of hydrogen-bond donors (Lipinski definition) is 3. The van der Waals surface area contributed by atoms with Crippen LogP contribution in [-0.2, 0) is 31.0 Å². The molecule has 5 N–H and O–H groups in total. The molecule has 5 unspecified atom stereocenters. The first-order valence-corrected chi connectivity index (χ1v) is 18.7. The summed E-state index contributed by atoms with van der Waals surface area (Å²) in [4.78, 5) is 3.67. The lowest BCUT2D eigenvalue weighted by Crippen LogP contribution is -2.67. The van der Waals surface area contributed by atoms with Gasteiger partial charge in [0.15, 0.2) is 0 Å². The summed E-state index contributed by atoms with van der Waals surface area (Å²) in [6, 6.07) is 2.10. The Kier molecular flexibility index (Phi) is 14.3. The molecule has 1 fully saturated rings. The molecule has 35 heavy (non-hydrogen) atoms. The second kappa shape index (κ2) is 15.0. The van der Waals surface area contributed by atoms with Crippen LogP contribution in [0.2, 0.25) is 23.2 Å². The van der Waals surface area contributed by atoms with Crippen molar-refractivity contribution in [3.8, 4) is 0 Å². The first kappa shape index (κ1) is 33.3. The van der Waals surface area contributed by atoms with Gasteiger partial charge in [0, 0.05) is 66.4 Å². The van der Waals surface area contributed by atoms with E-state index in [-0.39, 0.29) is 17.0 Å². The molecule has 0 aromatic rings. The van der Waals surface area contributed by atoms with Crippen molar-refractivity contribution in [1.29, 1.82) is 0 Å². The smallest absolute Gasteiger partial charge is 0.406 e. The minimum atomic E-state index is -3.14. The van der Waals surface area contributed by atoms with Crippen LogP contribution in [0, 0.1) is 5.92 Å². The third kappa shape index (κ3) is 6.82. The summed E-state index contributed by atoms with van der Waals surface area (Å²) in [5.74, 6) is -0.173. The molecule has 210 valence electrons. The predicted octanol–water partition coefficient (Wildman–Crippen LogP) is 2.44. The zero-order valence-corrected chi connectivity index (χ0v) is 26.6. The quantitative estimate of drug-likeness (QED) is 0.204. The highest BCUT2D eigenvalue weighted by atomic mass is 28.4.